The summed E-state index contributed by atoms with van der Waals surface area (Å²) in [7, 11) is 0. The first-order valence-electron chi connectivity index (χ1n) is 18.9. The van der Waals surface area contributed by atoms with E-state index in [-0.39, 0.29) is 0 Å². The molecule has 0 aliphatic heterocycles. The van der Waals surface area contributed by atoms with E-state index in [9.17, 15) is 9.59 Å². The Morgan fingerprint density at radius 3 is 1.12 bits per heavy atom. The van der Waals surface area contributed by atoms with Crippen LogP contribution in [0.1, 0.15) is 194 Å². The summed E-state index contributed by atoms with van der Waals surface area (Å²) in [5.41, 5.74) is 0. The van der Waals surface area contributed by atoms with Gasteiger partial charge in [0.1, 0.15) is 0 Å². The summed E-state index contributed by atoms with van der Waals surface area (Å²) in [6.07, 6.45) is 41.6. The lowest BCUT2D eigenvalue weighted by Gasteiger charge is -2.44. The third-order valence-electron chi connectivity index (χ3n) is 10.3. The van der Waals surface area contributed by atoms with E-state index in [2.05, 4.69) is 23.8 Å². The zero-order valence-electron chi connectivity index (χ0n) is 28.2. The number of carbonyl (C=O) groups excluding carboxylic acids is 2. The Hall–Kier alpha value is -1.24. The van der Waals surface area contributed by atoms with E-state index in [1.807, 2.05) is 0 Å². The first-order valence-corrected chi connectivity index (χ1v) is 18.9. The standard InChI is InChI=1S/C38H70N2O2/c1-3-5-7-9-14-20-26-36-30-29-35(25-19-8-6-4-2)37(27-21-15-10-12-17-23-31-39-33-41)38(36)28-22-16-11-13-18-24-32-40-34-42/h35-38H,3-32H2,1-2H3. The minimum atomic E-state index is 0.654. The van der Waals surface area contributed by atoms with Gasteiger partial charge in [-0.25, -0.2) is 19.6 Å². The number of hydrogen-bond donors (Lipinski definition) is 0. The van der Waals surface area contributed by atoms with Gasteiger partial charge in [0.2, 0.25) is 12.2 Å². The molecule has 1 rings (SSSR count). The Morgan fingerprint density at radius 1 is 0.429 bits per heavy atom. The highest BCUT2D eigenvalue weighted by Gasteiger charge is 2.37. The third-order valence-corrected chi connectivity index (χ3v) is 10.3. The quantitative estimate of drug-likeness (QED) is 0.0477. The van der Waals surface area contributed by atoms with E-state index in [4.69, 9.17) is 0 Å². The Kier molecular flexibility index (Phi) is 27.5. The van der Waals surface area contributed by atoms with Crippen LogP contribution in [0.2, 0.25) is 0 Å². The molecule has 0 aromatic heterocycles. The van der Waals surface area contributed by atoms with E-state index in [1.54, 1.807) is 12.2 Å². The number of rotatable bonds is 30. The summed E-state index contributed by atoms with van der Waals surface area (Å²) in [4.78, 5) is 27.9. The summed E-state index contributed by atoms with van der Waals surface area (Å²) in [6, 6.07) is 0. The second-order valence-corrected chi connectivity index (χ2v) is 13.6. The second kappa shape index (κ2) is 29.8. The molecule has 0 N–H and O–H groups in total. The number of isocyanates is 2. The molecule has 1 saturated carbocycles. The highest BCUT2D eigenvalue weighted by molar-refractivity contribution is 5.32. The molecule has 1 aliphatic rings. The Morgan fingerprint density at radius 2 is 0.738 bits per heavy atom. The van der Waals surface area contributed by atoms with Gasteiger partial charge in [-0.3, -0.25) is 0 Å². The van der Waals surface area contributed by atoms with Crippen molar-refractivity contribution in [1.29, 1.82) is 0 Å². The van der Waals surface area contributed by atoms with Crippen LogP contribution in [-0.4, -0.2) is 25.2 Å². The van der Waals surface area contributed by atoms with Gasteiger partial charge in [-0.2, -0.15) is 0 Å². The van der Waals surface area contributed by atoms with Gasteiger partial charge in [-0.1, -0.05) is 155 Å². The lowest BCUT2D eigenvalue weighted by Crippen LogP contribution is -2.35. The highest BCUT2D eigenvalue weighted by atomic mass is 16.1. The van der Waals surface area contributed by atoms with Gasteiger partial charge in [0.15, 0.2) is 0 Å². The van der Waals surface area contributed by atoms with Crippen molar-refractivity contribution in [2.24, 2.45) is 33.7 Å². The molecule has 0 saturated heterocycles. The number of unbranched alkanes of at least 4 members (excludes halogenated alkanes) is 18. The van der Waals surface area contributed by atoms with Crippen molar-refractivity contribution in [3.8, 4) is 0 Å². The minimum Gasteiger partial charge on any atom is -0.211 e. The number of nitrogens with zero attached hydrogens (tertiary/aromatic N) is 2. The Bertz CT molecular complexity index is 683. The molecule has 1 aliphatic carbocycles. The summed E-state index contributed by atoms with van der Waals surface area (Å²) in [5.74, 6) is 3.84. The predicted molar refractivity (Wildman–Crippen MR) is 181 cm³/mol. The first-order chi connectivity index (χ1) is 20.8. The maximum absolute atomic E-state index is 10.3. The average Bonchev–Trinajstić information content (AvgIpc) is 3.00. The molecule has 244 valence electrons. The van der Waals surface area contributed by atoms with Crippen LogP contribution in [0.4, 0.5) is 0 Å². The number of aliphatic imine (C=N–C) groups is 2. The molecule has 0 aromatic carbocycles. The Labute approximate surface area is 261 Å². The molecule has 4 heteroatoms. The molecule has 42 heavy (non-hydrogen) atoms. The summed E-state index contributed by atoms with van der Waals surface area (Å²) in [6.45, 7) is 5.96. The van der Waals surface area contributed by atoms with Crippen LogP contribution in [-0.2, 0) is 9.59 Å². The smallest absolute Gasteiger partial charge is 0.211 e. The summed E-state index contributed by atoms with van der Waals surface area (Å²) < 4.78 is 0. The van der Waals surface area contributed by atoms with Crippen molar-refractivity contribution in [2.75, 3.05) is 13.1 Å². The van der Waals surface area contributed by atoms with Crippen molar-refractivity contribution in [2.45, 2.75) is 194 Å². The molecule has 4 atom stereocenters. The second-order valence-electron chi connectivity index (χ2n) is 13.6. The van der Waals surface area contributed by atoms with Crippen LogP contribution in [0.15, 0.2) is 9.98 Å². The van der Waals surface area contributed by atoms with Gasteiger partial charge in [-0.05, 0) is 62.2 Å². The molecule has 4 unspecified atom stereocenters. The van der Waals surface area contributed by atoms with Gasteiger partial charge in [0.25, 0.3) is 0 Å². The van der Waals surface area contributed by atoms with Gasteiger partial charge < -0.3 is 0 Å². The first kappa shape index (κ1) is 38.8. The molecular weight excluding hydrogens is 516 g/mol. The summed E-state index contributed by atoms with van der Waals surface area (Å²) >= 11 is 0. The van der Waals surface area contributed by atoms with Gasteiger partial charge in [0, 0.05) is 0 Å². The fourth-order valence-corrected chi connectivity index (χ4v) is 7.84. The fourth-order valence-electron chi connectivity index (χ4n) is 7.84. The molecule has 0 spiro atoms. The normalized spacial score (nSPS) is 20.2. The van der Waals surface area contributed by atoms with Crippen LogP contribution in [0.5, 0.6) is 0 Å². The average molecular weight is 587 g/mol. The van der Waals surface area contributed by atoms with Crippen molar-refractivity contribution in [1.82, 2.24) is 0 Å². The van der Waals surface area contributed by atoms with E-state index >= 15 is 0 Å². The number of hydrogen-bond acceptors (Lipinski definition) is 4. The minimum absolute atomic E-state index is 0.654. The molecule has 1 fully saturated rings. The lowest BCUT2D eigenvalue weighted by molar-refractivity contribution is 0.0581. The van der Waals surface area contributed by atoms with Gasteiger partial charge in [-0.15, -0.1) is 0 Å². The van der Waals surface area contributed by atoms with E-state index in [0.717, 1.165) is 36.5 Å². The third kappa shape index (κ3) is 20.6. The molecule has 4 nitrogen and oxygen atoms in total. The maximum Gasteiger partial charge on any atom is 0.234 e. The monoisotopic (exact) mass is 587 g/mol. The molecule has 0 amide bonds. The van der Waals surface area contributed by atoms with Crippen LogP contribution in [0.25, 0.3) is 0 Å². The largest absolute Gasteiger partial charge is 0.234 e. The van der Waals surface area contributed by atoms with Crippen molar-refractivity contribution >= 4 is 12.2 Å². The molecule has 0 bridgehead atoms. The van der Waals surface area contributed by atoms with Crippen LogP contribution in [0, 0.1) is 23.7 Å². The van der Waals surface area contributed by atoms with Gasteiger partial charge >= 0.3 is 0 Å². The lowest BCUT2D eigenvalue weighted by atomic mass is 9.61. The van der Waals surface area contributed by atoms with Crippen LogP contribution in [0.3, 0.4) is 0 Å². The maximum atomic E-state index is 10.3. The van der Waals surface area contributed by atoms with Crippen molar-refractivity contribution < 1.29 is 9.59 Å². The Balaban J connectivity index is 2.69. The predicted octanol–water partition coefficient (Wildman–Crippen LogP) is 12.1. The zero-order chi connectivity index (χ0) is 30.4. The molecule has 0 radical (unpaired) electrons. The topological polar surface area (TPSA) is 58.9 Å². The molecular formula is C38H70N2O2. The van der Waals surface area contributed by atoms with E-state index in [0.29, 0.717) is 13.1 Å². The van der Waals surface area contributed by atoms with E-state index in [1.165, 1.54) is 167 Å². The zero-order valence-corrected chi connectivity index (χ0v) is 28.2. The van der Waals surface area contributed by atoms with E-state index < -0.39 is 0 Å². The molecule has 0 aromatic rings. The highest BCUT2D eigenvalue weighted by Crippen LogP contribution is 2.47. The molecule has 0 heterocycles. The van der Waals surface area contributed by atoms with Gasteiger partial charge in [0.05, 0.1) is 13.1 Å². The van der Waals surface area contributed by atoms with Crippen molar-refractivity contribution in [3.63, 3.8) is 0 Å². The van der Waals surface area contributed by atoms with Crippen LogP contribution >= 0.6 is 0 Å². The van der Waals surface area contributed by atoms with Crippen molar-refractivity contribution in [3.05, 3.63) is 0 Å². The SMILES string of the molecule is CCCCCCCCC1CCC(CCCCCC)C(CCCCCCCCN=C=O)C1CCCCCCCCN=C=O. The summed E-state index contributed by atoms with van der Waals surface area (Å²) in [5, 5.41) is 0. The van der Waals surface area contributed by atoms with Crippen LogP contribution < -0.4 is 0 Å². The fraction of sp³-hybridized carbons (Fsp3) is 0.947.